The molecule has 3 rings (SSSR count). The fourth-order valence-corrected chi connectivity index (χ4v) is 2.56. The maximum absolute atomic E-state index is 11.0. The molecule has 0 aliphatic carbocycles. The molecule has 0 bridgehead atoms. The standard InChI is InChI=1S/C14H16N2O3.Li/c1-9-11-8-10(14(17)18)5-6-12(11)16(15-9)13-4-2-3-7-19-13;/h5-6,8,13H,2-4,7H2,1H3,(H,17,18);. The predicted octanol–water partition coefficient (Wildman–Crippen LogP) is 2.36. The van der Waals surface area contributed by atoms with E-state index in [1.807, 2.05) is 17.7 Å². The number of fused-ring (bicyclic) bond motifs is 1. The van der Waals surface area contributed by atoms with Crippen molar-refractivity contribution >= 4 is 35.7 Å². The molecule has 1 aromatic heterocycles. The molecule has 1 unspecified atom stereocenters. The van der Waals surface area contributed by atoms with Gasteiger partial charge in [-0.05, 0) is 44.4 Å². The fraction of sp³-hybridized carbons (Fsp3) is 0.429. The average molecular weight is 267 g/mol. The molecule has 0 spiro atoms. The molecule has 2 aromatic rings. The second-order valence-corrected chi connectivity index (χ2v) is 4.89. The zero-order valence-corrected chi connectivity index (χ0v) is 11.8. The minimum atomic E-state index is -0.914. The number of carboxylic acids is 1. The largest absolute Gasteiger partial charge is 0.478 e. The third kappa shape index (κ3) is 2.62. The number of carbonyl (C=O) groups is 1. The van der Waals surface area contributed by atoms with Crippen LogP contribution >= 0.6 is 0 Å². The Bertz CT molecular complexity index is 633. The topological polar surface area (TPSA) is 64.4 Å². The Morgan fingerprint density at radius 2 is 2.25 bits per heavy atom. The van der Waals surface area contributed by atoms with Crippen LogP contribution in [0.5, 0.6) is 0 Å². The molecule has 1 radical (unpaired) electrons. The molecule has 1 atom stereocenters. The van der Waals surface area contributed by atoms with Crippen molar-refractivity contribution in [3.05, 3.63) is 29.5 Å². The molecule has 1 saturated heterocycles. The summed E-state index contributed by atoms with van der Waals surface area (Å²) in [7, 11) is 0. The molecule has 0 amide bonds. The number of nitrogens with zero attached hydrogens (tertiary/aromatic N) is 2. The summed E-state index contributed by atoms with van der Waals surface area (Å²) >= 11 is 0. The summed E-state index contributed by atoms with van der Waals surface area (Å²) < 4.78 is 7.63. The van der Waals surface area contributed by atoms with Crippen LogP contribution in [-0.4, -0.2) is 46.3 Å². The second-order valence-electron chi connectivity index (χ2n) is 4.89. The number of benzene rings is 1. The van der Waals surface area contributed by atoms with Gasteiger partial charge >= 0.3 is 5.97 Å². The first kappa shape index (κ1) is 15.1. The molecule has 6 heteroatoms. The van der Waals surface area contributed by atoms with Crippen molar-refractivity contribution in [2.45, 2.75) is 32.4 Å². The van der Waals surface area contributed by atoms with Gasteiger partial charge in [-0.1, -0.05) is 0 Å². The number of ether oxygens (including phenoxy) is 1. The molecule has 2 heterocycles. The van der Waals surface area contributed by atoms with Gasteiger partial charge in [-0.25, -0.2) is 9.48 Å². The van der Waals surface area contributed by atoms with Gasteiger partial charge in [0.05, 0.1) is 16.8 Å². The summed E-state index contributed by atoms with van der Waals surface area (Å²) in [4.78, 5) is 11.0. The van der Waals surface area contributed by atoms with E-state index in [0.717, 1.165) is 42.5 Å². The van der Waals surface area contributed by atoms with Crippen LogP contribution in [0, 0.1) is 6.92 Å². The van der Waals surface area contributed by atoms with Crippen LogP contribution in [-0.2, 0) is 4.74 Å². The number of aromatic carboxylic acids is 1. The van der Waals surface area contributed by atoms with Gasteiger partial charge in [0.2, 0.25) is 0 Å². The van der Waals surface area contributed by atoms with E-state index in [9.17, 15) is 4.79 Å². The van der Waals surface area contributed by atoms with Gasteiger partial charge in [0.1, 0.15) is 0 Å². The van der Waals surface area contributed by atoms with Gasteiger partial charge in [0, 0.05) is 30.9 Å². The van der Waals surface area contributed by atoms with E-state index in [1.54, 1.807) is 12.1 Å². The molecule has 1 fully saturated rings. The third-order valence-electron chi connectivity index (χ3n) is 3.57. The minimum Gasteiger partial charge on any atom is -0.478 e. The van der Waals surface area contributed by atoms with Gasteiger partial charge in [-0.3, -0.25) is 0 Å². The quantitative estimate of drug-likeness (QED) is 0.848. The van der Waals surface area contributed by atoms with E-state index in [2.05, 4.69) is 5.10 Å². The normalized spacial score (nSPS) is 18.8. The van der Waals surface area contributed by atoms with E-state index in [0.29, 0.717) is 5.56 Å². The summed E-state index contributed by atoms with van der Waals surface area (Å²) in [6.45, 7) is 2.66. The Morgan fingerprint density at radius 3 is 2.90 bits per heavy atom. The van der Waals surface area contributed by atoms with Crippen molar-refractivity contribution in [2.24, 2.45) is 0 Å². The molecular weight excluding hydrogens is 251 g/mol. The van der Waals surface area contributed by atoms with Crippen LogP contribution in [0.3, 0.4) is 0 Å². The van der Waals surface area contributed by atoms with E-state index >= 15 is 0 Å². The summed E-state index contributed by atoms with van der Waals surface area (Å²) in [5.41, 5.74) is 2.07. The van der Waals surface area contributed by atoms with Crippen molar-refractivity contribution in [2.75, 3.05) is 6.61 Å². The summed E-state index contributed by atoms with van der Waals surface area (Å²) in [5, 5.41) is 14.4. The van der Waals surface area contributed by atoms with Gasteiger partial charge in [0.15, 0.2) is 6.23 Å². The number of aromatic nitrogens is 2. The third-order valence-corrected chi connectivity index (χ3v) is 3.57. The van der Waals surface area contributed by atoms with Crippen LogP contribution in [0.1, 0.15) is 41.5 Å². The Labute approximate surface area is 129 Å². The molecule has 101 valence electrons. The van der Waals surface area contributed by atoms with Gasteiger partial charge in [-0.2, -0.15) is 5.10 Å². The van der Waals surface area contributed by atoms with Crippen molar-refractivity contribution in [1.29, 1.82) is 0 Å². The first-order valence-electron chi connectivity index (χ1n) is 6.50. The van der Waals surface area contributed by atoms with E-state index in [1.165, 1.54) is 0 Å². The maximum atomic E-state index is 11.0. The first-order chi connectivity index (χ1) is 9.16. The van der Waals surface area contributed by atoms with Gasteiger partial charge in [0.25, 0.3) is 0 Å². The minimum absolute atomic E-state index is 0. The number of carboxylic acid groups (broad SMARTS) is 1. The summed E-state index contributed by atoms with van der Waals surface area (Å²) in [5.74, 6) is -0.914. The van der Waals surface area contributed by atoms with E-state index < -0.39 is 5.97 Å². The second kappa shape index (κ2) is 6.00. The maximum Gasteiger partial charge on any atom is 0.335 e. The smallest absolute Gasteiger partial charge is 0.335 e. The average Bonchev–Trinajstić information content (AvgIpc) is 2.77. The van der Waals surface area contributed by atoms with Crippen LogP contribution in [0.15, 0.2) is 18.2 Å². The van der Waals surface area contributed by atoms with Crippen molar-refractivity contribution in [3.63, 3.8) is 0 Å². The van der Waals surface area contributed by atoms with Crippen LogP contribution in [0.25, 0.3) is 10.9 Å². The number of hydrogen-bond acceptors (Lipinski definition) is 3. The molecule has 1 aliphatic heterocycles. The van der Waals surface area contributed by atoms with Crippen LogP contribution in [0.4, 0.5) is 0 Å². The SMILES string of the molecule is Cc1nn(C2CCCCO2)c2ccc(C(=O)O)cc12.[Li]. The van der Waals surface area contributed by atoms with Crippen molar-refractivity contribution in [3.8, 4) is 0 Å². The van der Waals surface area contributed by atoms with E-state index in [-0.39, 0.29) is 25.1 Å². The first-order valence-corrected chi connectivity index (χ1v) is 6.50. The summed E-state index contributed by atoms with van der Waals surface area (Å²) in [6, 6.07) is 5.11. The predicted molar refractivity (Wildman–Crippen MR) is 76.0 cm³/mol. The zero-order chi connectivity index (χ0) is 13.4. The molecule has 1 aromatic carbocycles. The Balaban J connectivity index is 0.00000147. The van der Waals surface area contributed by atoms with Gasteiger partial charge < -0.3 is 9.84 Å². The Hall–Kier alpha value is -1.28. The fourth-order valence-electron chi connectivity index (χ4n) is 2.56. The van der Waals surface area contributed by atoms with Crippen LogP contribution < -0.4 is 0 Å². The van der Waals surface area contributed by atoms with E-state index in [4.69, 9.17) is 9.84 Å². The summed E-state index contributed by atoms with van der Waals surface area (Å²) in [6.07, 6.45) is 3.16. The number of hydrogen-bond donors (Lipinski definition) is 1. The van der Waals surface area contributed by atoms with Gasteiger partial charge in [-0.15, -0.1) is 0 Å². The molecular formula is C14H16LiN2O3. The monoisotopic (exact) mass is 267 g/mol. The Morgan fingerprint density at radius 1 is 1.45 bits per heavy atom. The number of aryl methyl sites for hydroxylation is 1. The van der Waals surface area contributed by atoms with Crippen molar-refractivity contribution in [1.82, 2.24) is 9.78 Å². The molecule has 1 aliphatic rings. The molecule has 20 heavy (non-hydrogen) atoms. The number of rotatable bonds is 2. The van der Waals surface area contributed by atoms with Crippen molar-refractivity contribution < 1.29 is 14.6 Å². The zero-order valence-electron chi connectivity index (χ0n) is 11.8. The molecule has 5 nitrogen and oxygen atoms in total. The molecule has 1 N–H and O–H groups in total. The Kier molecular flexibility index (Phi) is 4.54. The van der Waals surface area contributed by atoms with Crippen LogP contribution in [0.2, 0.25) is 0 Å². The molecule has 0 saturated carbocycles.